The molecular formula is C35H33ClN2O6. The molecule has 8 nitrogen and oxygen atoms in total. The maximum Gasteiger partial charge on any atom is 0.271 e. The molecule has 0 aromatic heterocycles. The number of phenols is 1. The molecular weight excluding hydrogens is 580 g/mol. The number of aromatic hydroxyl groups is 1. The third kappa shape index (κ3) is 5.44. The van der Waals surface area contributed by atoms with Gasteiger partial charge in [-0.3, -0.25) is 19.7 Å². The summed E-state index contributed by atoms with van der Waals surface area (Å²) in [6.45, 7) is 4.56. The molecule has 2 fully saturated rings. The highest BCUT2D eigenvalue weighted by Gasteiger charge is 2.57. The first-order chi connectivity index (χ1) is 21.1. The van der Waals surface area contributed by atoms with E-state index >= 15 is 0 Å². The SMILES string of the molecule is CC(C)C1=C2[C@@H](CC/C(=C/c3ccc(O)cc3Cl)c3ccccc3)OC[C@@H]2[C@@H]2C(=O)N(c3cccc([N+](=O)[O-])c3)C(=O)[C@@H]2C1. The first-order valence-electron chi connectivity index (χ1n) is 14.8. The van der Waals surface area contributed by atoms with E-state index in [-0.39, 0.29) is 46.9 Å². The number of rotatable bonds is 8. The lowest BCUT2D eigenvalue weighted by atomic mass is 9.67. The number of carbonyl (C=O) groups is 2. The van der Waals surface area contributed by atoms with Crippen LogP contribution in [0.15, 0.2) is 83.9 Å². The van der Waals surface area contributed by atoms with Crippen molar-refractivity contribution in [3.05, 3.63) is 110 Å². The van der Waals surface area contributed by atoms with Gasteiger partial charge < -0.3 is 9.84 Å². The molecule has 0 radical (unpaired) electrons. The van der Waals surface area contributed by atoms with Gasteiger partial charge in [-0.2, -0.15) is 0 Å². The van der Waals surface area contributed by atoms with Gasteiger partial charge in [0.1, 0.15) is 5.75 Å². The molecule has 0 unspecified atom stereocenters. The van der Waals surface area contributed by atoms with E-state index in [1.807, 2.05) is 36.4 Å². The number of ether oxygens (including phenoxy) is 1. The summed E-state index contributed by atoms with van der Waals surface area (Å²) in [5.41, 5.74) is 5.27. The molecule has 44 heavy (non-hydrogen) atoms. The molecule has 3 aromatic carbocycles. The molecule has 4 atom stereocenters. The molecule has 226 valence electrons. The summed E-state index contributed by atoms with van der Waals surface area (Å²) in [6, 6.07) is 20.7. The second-order valence-corrected chi connectivity index (χ2v) is 12.4. The predicted molar refractivity (Wildman–Crippen MR) is 169 cm³/mol. The normalized spacial score (nSPS) is 23.4. The number of non-ortho nitro benzene ring substituents is 1. The summed E-state index contributed by atoms with van der Waals surface area (Å²) in [5, 5.41) is 21.7. The van der Waals surface area contributed by atoms with Crippen LogP contribution >= 0.6 is 11.6 Å². The van der Waals surface area contributed by atoms with E-state index in [1.165, 1.54) is 24.3 Å². The Morgan fingerprint density at radius 2 is 1.84 bits per heavy atom. The highest BCUT2D eigenvalue weighted by atomic mass is 35.5. The fraction of sp³-hybridized carbons (Fsp3) is 0.314. The monoisotopic (exact) mass is 612 g/mol. The van der Waals surface area contributed by atoms with E-state index in [1.54, 1.807) is 18.2 Å². The third-order valence-corrected chi connectivity index (χ3v) is 9.40. The highest BCUT2D eigenvalue weighted by molar-refractivity contribution is 6.32. The zero-order chi connectivity index (χ0) is 31.1. The van der Waals surface area contributed by atoms with Crippen LogP contribution in [0.4, 0.5) is 11.4 Å². The largest absolute Gasteiger partial charge is 0.508 e. The number of nitro benzene ring substituents is 1. The molecule has 0 bridgehead atoms. The van der Waals surface area contributed by atoms with Gasteiger partial charge in [-0.15, -0.1) is 0 Å². The summed E-state index contributed by atoms with van der Waals surface area (Å²) >= 11 is 6.46. The van der Waals surface area contributed by atoms with Crippen molar-refractivity contribution < 1.29 is 24.4 Å². The number of anilines is 1. The van der Waals surface area contributed by atoms with Gasteiger partial charge in [-0.25, -0.2) is 4.90 Å². The average molecular weight is 613 g/mol. The van der Waals surface area contributed by atoms with Gasteiger partial charge in [0, 0.05) is 18.1 Å². The Morgan fingerprint density at radius 1 is 1.07 bits per heavy atom. The van der Waals surface area contributed by atoms with Gasteiger partial charge in [0.15, 0.2) is 0 Å². The number of carbonyl (C=O) groups excluding carboxylic acids is 2. The predicted octanol–water partition coefficient (Wildman–Crippen LogP) is 7.45. The Hall–Kier alpha value is -4.27. The van der Waals surface area contributed by atoms with Crippen LogP contribution in [-0.2, 0) is 14.3 Å². The zero-order valence-corrected chi connectivity index (χ0v) is 25.2. The van der Waals surface area contributed by atoms with E-state index in [4.69, 9.17) is 16.3 Å². The minimum atomic E-state index is -0.566. The van der Waals surface area contributed by atoms with Crippen LogP contribution in [0, 0.1) is 33.8 Å². The van der Waals surface area contributed by atoms with Crippen LogP contribution in [0.3, 0.4) is 0 Å². The van der Waals surface area contributed by atoms with E-state index < -0.39 is 16.8 Å². The second kappa shape index (κ2) is 12.0. The number of benzene rings is 3. The molecule has 2 aliphatic heterocycles. The van der Waals surface area contributed by atoms with Crippen molar-refractivity contribution in [3.63, 3.8) is 0 Å². The first kappa shape index (κ1) is 29.8. The van der Waals surface area contributed by atoms with Gasteiger partial charge in [0.05, 0.1) is 40.2 Å². The van der Waals surface area contributed by atoms with Crippen molar-refractivity contribution in [3.8, 4) is 5.75 Å². The van der Waals surface area contributed by atoms with E-state index in [9.17, 15) is 24.8 Å². The van der Waals surface area contributed by atoms with Crippen molar-refractivity contribution in [2.75, 3.05) is 11.5 Å². The maximum absolute atomic E-state index is 13.9. The van der Waals surface area contributed by atoms with Crippen LogP contribution in [-0.4, -0.2) is 34.6 Å². The van der Waals surface area contributed by atoms with E-state index in [0.29, 0.717) is 30.9 Å². The number of fused-ring (bicyclic) bond motifs is 3. The van der Waals surface area contributed by atoms with Crippen LogP contribution in [0.1, 0.15) is 44.2 Å². The first-order valence-corrected chi connectivity index (χ1v) is 15.2. The summed E-state index contributed by atoms with van der Waals surface area (Å²) in [5.74, 6) is -1.68. The van der Waals surface area contributed by atoms with Crippen molar-refractivity contribution in [1.29, 1.82) is 0 Å². The summed E-state index contributed by atoms with van der Waals surface area (Å²) in [6.07, 6.45) is 3.64. The van der Waals surface area contributed by atoms with Crippen LogP contribution in [0.25, 0.3) is 11.6 Å². The Morgan fingerprint density at radius 3 is 2.55 bits per heavy atom. The Kier molecular flexibility index (Phi) is 8.14. The molecule has 9 heteroatoms. The number of nitrogens with zero attached hydrogens (tertiary/aromatic N) is 2. The smallest absolute Gasteiger partial charge is 0.271 e. The van der Waals surface area contributed by atoms with Gasteiger partial charge in [0.25, 0.3) is 5.69 Å². The quantitative estimate of drug-likeness (QED) is 0.0930. The lowest BCUT2D eigenvalue weighted by Gasteiger charge is -2.33. The van der Waals surface area contributed by atoms with Crippen LogP contribution < -0.4 is 4.90 Å². The van der Waals surface area contributed by atoms with Crippen molar-refractivity contribution in [1.82, 2.24) is 0 Å². The van der Waals surface area contributed by atoms with Crippen LogP contribution in [0.5, 0.6) is 5.75 Å². The molecule has 3 aromatic rings. The number of hydrogen-bond donors (Lipinski definition) is 1. The second-order valence-electron chi connectivity index (χ2n) is 12.0. The zero-order valence-electron chi connectivity index (χ0n) is 24.5. The Labute approximate surface area is 260 Å². The van der Waals surface area contributed by atoms with E-state index in [2.05, 4.69) is 13.8 Å². The summed E-state index contributed by atoms with van der Waals surface area (Å²) in [4.78, 5) is 39.6. The fourth-order valence-electron chi connectivity index (χ4n) is 7.02. The molecule has 3 aliphatic rings. The topological polar surface area (TPSA) is 110 Å². The van der Waals surface area contributed by atoms with Gasteiger partial charge in [-0.05, 0) is 77.8 Å². The maximum atomic E-state index is 13.9. The molecule has 2 amide bonds. The van der Waals surface area contributed by atoms with Crippen molar-refractivity contribution in [2.24, 2.45) is 23.7 Å². The molecule has 0 spiro atoms. The lowest BCUT2D eigenvalue weighted by Crippen LogP contribution is -2.35. The fourth-order valence-corrected chi connectivity index (χ4v) is 7.25. The minimum absolute atomic E-state index is 0.103. The lowest BCUT2D eigenvalue weighted by molar-refractivity contribution is -0.384. The summed E-state index contributed by atoms with van der Waals surface area (Å²) < 4.78 is 6.42. The molecule has 2 heterocycles. The highest BCUT2D eigenvalue weighted by Crippen LogP contribution is 2.52. The number of amides is 2. The number of hydrogen-bond acceptors (Lipinski definition) is 6. The summed E-state index contributed by atoms with van der Waals surface area (Å²) in [7, 11) is 0. The molecule has 1 aliphatic carbocycles. The third-order valence-electron chi connectivity index (χ3n) is 9.07. The van der Waals surface area contributed by atoms with Gasteiger partial charge in [-0.1, -0.05) is 67.4 Å². The molecule has 2 saturated heterocycles. The Balaban J connectivity index is 1.30. The number of phenolic OH excluding ortho intramolecular Hbond substituents is 1. The number of imide groups is 1. The molecule has 6 rings (SSSR count). The van der Waals surface area contributed by atoms with Gasteiger partial charge in [0.2, 0.25) is 11.8 Å². The Bertz CT molecular complexity index is 1700. The van der Waals surface area contributed by atoms with Gasteiger partial charge >= 0.3 is 0 Å². The molecule has 0 saturated carbocycles. The number of halogens is 1. The standard InChI is InChI=1S/C35H33ClN2O6/c1-20(2)27-18-28-33(35(41)37(34(28)40)24-9-6-10-25(16-24)38(42)43)29-19-44-31(32(27)29)14-12-22(21-7-4-3-5-8-21)15-23-11-13-26(39)17-30(23)36/h3-11,13,15-17,20,28-29,31,33,39H,12,14,18-19H2,1-2H3/b22-15-/t28-,29+,31-,33-/m1/s1. The number of nitro groups is 1. The van der Waals surface area contributed by atoms with E-state index in [0.717, 1.165) is 32.7 Å². The minimum Gasteiger partial charge on any atom is -0.508 e. The van der Waals surface area contributed by atoms with Crippen LogP contribution in [0.2, 0.25) is 5.02 Å². The average Bonchev–Trinajstić information content (AvgIpc) is 3.54. The van der Waals surface area contributed by atoms with Crippen molar-refractivity contribution >= 4 is 46.4 Å². The molecule has 1 N–H and O–H groups in total. The van der Waals surface area contributed by atoms with Crippen molar-refractivity contribution in [2.45, 2.75) is 39.2 Å². The number of allylic oxidation sites excluding steroid dienone is 2.